The number of fused-ring (bicyclic) bond motifs is 1. The van der Waals surface area contributed by atoms with Crippen molar-refractivity contribution in [2.75, 3.05) is 5.32 Å². The fraction of sp³-hybridized carbons (Fsp3) is 0.211. The smallest absolute Gasteiger partial charge is 0.274 e. The van der Waals surface area contributed by atoms with Gasteiger partial charge in [0.2, 0.25) is 5.91 Å². The Morgan fingerprint density at radius 3 is 2.39 bits per heavy atom. The van der Waals surface area contributed by atoms with Crippen LogP contribution in [-0.4, -0.2) is 29.6 Å². The van der Waals surface area contributed by atoms with Gasteiger partial charge in [0.1, 0.15) is 11.3 Å². The van der Waals surface area contributed by atoms with Crippen molar-refractivity contribution in [3.05, 3.63) is 59.5 Å². The fourth-order valence-electron chi connectivity index (χ4n) is 2.84. The van der Waals surface area contributed by atoms with Crippen LogP contribution in [0.15, 0.2) is 47.5 Å². The highest BCUT2D eigenvalue weighted by molar-refractivity contribution is 7.90. The number of benzene rings is 1. The lowest BCUT2D eigenvalue weighted by atomic mass is 10.2. The van der Waals surface area contributed by atoms with Crippen molar-refractivity contribution in [1.82, 2.24) is 14.1 Å². The monoisotopic (exact) mass is 400 g/mol. The molecule has 8 nitrogen and oxygen atoms in total. The third kappa shape index (κ3) is 3.89. The van der Waals surface area contributed by atoms with Crippen LogP contribution in [0.3, 0.4) is 0 Å². The van der Waals surface area contributed by atoms with Crippen LogP contribution in [0.2, 0.25) is 0 Å². The molecule has 2 N–H and O–H groups in total. The van der Waals surface area contributed by atoms with Crippen molar-refractivity contribution in [3.8, 4) is 0 Å². The van der Waals surface area contributed by atoms with Gasteiger partial charge in [-0.1, -0.05) is 13.0 Å². The third-order valence-corrected chi connectivity index (χ3v) is 5.54. The van der Waals surface area contributed by atoms with Crippen LogP contribution in [0.5, 0.6) is 0 Å². The molecule has 9 heteroatoms. The lowest BCUT2D eigenvalue weighted by Gasteiger charge is -2.09. The number of carbonyl (C=O) groups is 2. The van der Waals surface area contributed by atoms with Crippen LogP contribution in [0.1, 0.15) is 35.6 Å². The van der Waals surface area contributed by atoms with Crippen molar-refractivity contribution in [2.24, 2.45) is 0 Å². The SMILES string of the molecule is CCc1nc2ccc(C)cn2c1C(=O)Nc1ccc(S(=O)(=O)NC(C)=O)cc1. The average Bonchev–Trinajstić information content (AvgIpc) is 2.98. The number of pyridine rings is 1. The first kappa shape index (κ1) is 19.6. The third-order valence-electron chi connectivity index (χ3n) is 4.09. The molecule has 0 saturated carbocycles. The van der Waals surface area contributed by atoms with Crippen LogP contribution in [-0.2, 0) is 21.2 Å². The second-order valence-electron chi connectivity index (χ2n) is 6.34. The molecule has 0 fully saturated rings. The minimum absolute atomic E-state index is 0.0691. The number of hydrogen-bond acceptors (Lipinski definition) is 5. The molecule has 0 spiro atoms. The predicted molar refractivity (Wildman–Crippen MR) is 105 cm³/mol. The Kier molecular flexibility index (Phi) is 5.19. The molecule has 0 unspecified atom stereocenters. The first-order valence-electron chi connectivity index (χ1n) is 8.63. The normalized spacial score (nSPS) is 11.4. The van der Waals surface area contributed by atoms with E-state index in [0.717, 1.165) is 12.5 Å². The van der Waals surface area contributed by atoms with E-state index < -0.39 is 15.9 Å². The first-order chi connectivity index (χ1) is 13.2. The fourth-order valence-corrected chi connectivity index (χ4v) is 3.83. The Morgan fingerprint density at radius 1 is 1.11 bits per heavy atom. The molecule has 0 radical (unpaired) electrons. The highest BCUT2D eigenvalue weighted by Gasteiger charge is 2.19. The molecular formula is C19H20N4O4S. The summed E-state index contributed by atoms with van der Waals surface area (Å²) >= 11 is 0. The van der Waals surface area contributed by atoms with Crippen LogP contribution in [0.4, 0.5) is 5.69 Å². The Labute approximate surface area is 162 Å². The lowest BCUT2D eigenvalue weighted by Crippen LogP contribution is -2.28. The van der Waals surface area contributed by atoms with E-state index in [2.05, 4.69) is 10.3 Å². The number of amides is 2. The molecule has 2 heterocycles. The maximum atomic E-state index is 12.9. The molecule has 2 aromatic heterocycles. The standard InChI is InChI=1S/C19H20N4O4S/c1-4-16-18(23-11-12(2)5-10-17(23)21-16)19(25)20-14-6-8-15(9-7-14)28(26,27)22-13(3)24/h5-11H,4H2,1-3H3,(H,20,25)(H,22,24). The molecule has 146 valence electrons. The Bertz CT molecular complexity index is 1160. The summed E-state index contributed by atoms with van der Waals surface area (Å²) in [6.45, 7) is 4.98. The van der Waals surface area contributed by atoms with Gasteiger partial charge in [-0.3, -0.25) is 14.0 Å². The van der Waals surface area contributed by atoms with Crippen molar-refractivity contribution >= 4 is 33.2 Å². The number of sulfonamides is 1. The van der Waals surface area contributed by atoms with E-state index in [1.807, 2.05) is 36.9 Å². The summed E-state index contributed by atoms with van der Waals surface area (Å²) in [7, 11) is -3.92. The quantitative estimate of drug-likeness (QED) is 0.683. The zero-order valence-corrected chi connectivity index (χ0v) is 16.5. The molecule has 0 aliphatic carbocycles. The van der Waals surface area contributed by atoms with Gasteiger partial charge in [0.05, 0.1) is 10.6 Å². The number of nitrogens with zero attached hydrogens (tertiary/aromatic N) is 2. The van der Waals surface area contributed by atoms with Crippen molar-refractivity contribution in [1.29, 1.82) is 0 Å². The topological polar surface area (TPSA) is 110 Å². The van der Waals surface area contributed by atoms with E-state index in [4.69, 9.17) is 0 Å². The van der Waals surface area contributed by atoms with E-state index in [1.165, 1.54) is 24.3 Å². The number of carbonyl (C=O) groups excluding carboxylic acids is 2. The molecule has 28 heavy (non-hydrogen) atoms. The Balaban J connectivity index is 1.89. The maximum absolute atomic E-state index is 12.9. The molecule has 0 saturated heterocycles. The second kappa shape index (κ2) is 7.43. The van der Waals surface area contributed by atoms with E-state index in [9.17, 15) is 18.0 Å². The summed E-state index contributed by atoms with van der Waals surface area (Å²) in [6.07, 6.45) is 2.44. The predicted octanol–water partition coefficient (Wildman–Crippen LogP) is 2.28. The molecule has 0 aliphatic rings. The van der Waals surface area contributed by atoms with E-state index in [-0.39, 0.29) is 10.8 Å². The van der Waals surface area contributed by atoms with Gasteiger partial charge in [-0.25, -0.2) is 18.1 Å². The summed E-state index contributed by atoms with van der Waals surface area (Å²) in [5, 5.41) is 2.77. The number of hydrogen-bond donors (Lipinski definition) is 2. The van der Waals surface area contributed by atoms with Gasteiger partial charge >= 0.3 is 0 Å². The average molecular weight is 400 g/mol. The van der Waals surface area contributed by atoms with Gasteiger partial charge in [-0.2, -0.15) is 0 Å². The summed E-state index contributed by atoms with van der Waals surface area (Å²) in [4.78, 5) is 28.3. The molecule has 2 amide bonds. The van der Waals surface area contributed by atoms with Crippen LogP contribution in [0, 0.1) is 6.92 Å². The van der Waals surface area contributed by atoms with E-state index >= 15 is 0 Å². The number of aromatic nitrogens is 2. The second-order valence-corrected chi connectivity index (χ2v) is 8.02. The van der Waals surface area contributed by atoms with Crippen LogP contribution < -0.4 is 10.0 Å². The van der Waals surface area contributed by atoms with Crippen molar-refractivity contribution in [2.45, 2.75) is 32.1 Å². The number of imidazole rings is 1. The summed E-state index contributed by atoms with van der Waals surface area (Å²) < 4.78 is 27.6. The van der Waals surface area contributed by atoms with Crippen LogP contribution >= 0.6 is 0 Å². The summed E-state index contributed by atoms with van der Waals surface area (Å²) in [5.41, 5.74) is 3.22. The highest BCUT2D eigenvalue weighted by Crippen LogP contribution is 2.18. The van der Waals surface area contributed by atoms with Crippen molar-refractivity contribution < 1.29 is 18.0 Å². The molecule has 1 aromatic carbocycles. The minimum atomic E-state index is -3.92. The van der Waals surface area contributed by atoms with Gasteiger partial charge in [0.25, 0.3) is 15.9 Å². The van der Waals surface area contributed by atoms with Gasteiger partial charge in [0.15, 0.2) is 0 Å². The first-order valence-corrected chi connectivity index (χ1v) is 10.1. The molecule has 0 bridgehead atoms. The van der Waals surface area contributed by atoms with Gasteiger partial charge in [-0.05, 0) is 49.2 Å². The Morgan fingerprint density at radius 2 is 1.79 bits per heavy atom. The molecule has 3 rings (SSSR count). The van der Waals surface area contributed by atoms with E-state index in [1.54, 1.807) is 4.40 Å². The van der Waals surface area contributed by atoms with Gasteiger partial charge < -0.3 is 5.32 Å². The van der Waals surface area contributed by atoms with Crippen LogP contribution in [0.25, 0.3) is 5.65 Å². The molecule has 0 atom stereocenters. The summed E-state index contributed by atoms with van der Waals surface area (Å²) in [6, 6.07) is 9.35. The maximum Gasteiger partial charge on any atom is 0.274 e. The lowest BCUT2D eigenvalue weighted by molar-refractivity contribution is -0.117. The Hall–Kier alpha value is -3.20. The number of anilines is 1. The minimum Gasteiger partial charge on any atom is -0.321 e. The molecular weight excluding hydrogens is 380 g/mol. The van der Waals surface area contributed by atoms with Gasteiger partial charge in [-0.15, -0.1) is 0 Å². The number of rotatable bonds is 5. The zero-order valence-electron chi connectivity index (χ0n) is 15.7. The van der Waals surface area contributed by atoms with Crippen molar-refractivity contribution in [3.63, 3.8) is 0 Å². The largest absolute Gasteiger partial charge is 0.321 e. The zero-order chi connectivity index (χ0) is 20.5. The molecule has 3 aromatic rings. The van der Waals surface area contributed by atoms with Gasteiger partial charge in [0, 0.05) is 18.8 Å². The highest BCUT2D eigenvalue weighted by atomic mass is 32.2. The summed E-state index contributed by atoms with van der Waals surface area (Å²) in [5.74, 6) is -1.01. The number of aryl methyl sites for hydroxylation is 2. The van der Waals surface area contributed by atoms with E-state index in [0.29, 0.717) is 29.1 Å². The molecule has 0 aliphatic heterocycles. The number of nitrogens with one attached hydrogen (secondary N) is 2.